The van der Waals surface area contributed by atoms with Gasteiger partial charge in [0.05, 0.1) is 11.7 Å². The SMILES string of the molecule is Nc1nc2cnccc2n1CC1CCCCS1. The third-order valence-corrected chi connectivity index (χ3v) is 4.62. The van der Waals surface area contributed by atoms with Crippen molar-refractivity contribution in [1.82, 2.24) is 14.5 Å². The highest BCUT2D eigenvalue weighted by Crippen LogP contribution is 2.28. The van der Waals surface area contributed by atoms with Gasteiger partial charge in [-0.25, -0.2) is 4.98 Å². The molecule has 90 valence electrons. The smallest absolute Gasteiger partial charge is 0.201 e. The molecule has 0 aliphatic carbocycles. The van der Waals surface area contributed by atoms with Gasteiger partial charge in [-0.1, -0.05) is 6.42 Å². The topological polar surface area (TPSA) is 56.7 Å². The molecule has 0 amide bonds. The maximum Gasteiger partial charge on any atom is 0.201 e. The fourth-order valence-corrected chi connectivity index (χ4v) is 3.64. The zero-order chi connectivity index (χ0) is 11.7. The molecule has 1 unspecified atom stereocenters. The Morgan fingerprint density at radius 2 is 2.41 bits per heavy atom. The first-order chi connectivity index (χ1) is 8.34. The van der Waals surface area contributed by atoms with E-state index < -0.39 is 0 Å². The predicted octanol–water partition coefficient (Wildman–Crippen LogP) is 2.30. The van der Waals surface area contributed by atoms with E-state index in [0.717, 1.165) is 17.6 Å². The Morgan fingerprint density at radius 3 is 3.24 bits per heavy atom. The minimum absolute atomic E-state index is 0.610. The fourth-order valence-electron chi connectivity index (χ4n) is 2.35. The van der Waals surface area contributed by atoms with Crippen molar-refractivity contribution < 1.29 is 0 Å². The number of nitrogen functional groups attached to an aromatic ring is 1. The van der Waals surface area contributed by atoms with Gasteiger partial charge in [-0.15, -0.1) is 0 Å². The lowest BCUT2D eigenvalue weighted by Crippen LogP contribution is -2.18. The van der Waals surface area contributed by atoms with Crippen molar-refractivity contribution in [3.63, 3.8) is 0 Å². The maximum atomic E-state index is 5.99. The highest BCUT2D eigenvalue weighted by atomic mass is 32.2. The normalized spacial score (nSPS) is 20.8. The first-order valence-corrected chi connectivity index (χ1v) is 7.07. The molecule has 3 rings (SSSR count). The number of nitrogens with two attached hydrogens (primary N) is 1. The highest BCUT2D eigenvalue weighted by molar-refractivity contribution is 7.99. The molecule has 0 aromatic carbocycles. The summed E-state index contributed by atoms with van der Waals surface area (Å²) in [5.74, 6) is 1.89. The average molecular weight is 248 g/mol. The van der Waals surface area contributed by atoms with Gasteiger partial charge in [0.25, 0.3) is 0 Å². The Morgan fingerprint density at radius 1 is 1.47 bits per heavy atom. The van der Waals surface area contributed by atoms with Crippen LogP contribution >= 0.6 is 11.8 Å². The van der Waals surface area contributed by atoms with Crippen LogP contribution in [0.5, 0.6) is 0 Å². The second-order valence-electron chi connectivity index (χ2n) is 4.43. The summed E-state index contributed by atoms with van der Waals surface area (Å²) in [4.78, 5) is 8.43. The predicted molar refractivity (Wildman–Crippen MR) is 72.0 cm³/mol. The van der Waals surface area contributed by atoms with E-state index in [-0.39, 0.29) is 0 Å². The molecule has 1 aliphatic heterocycles. The number of hydrogen-bond donors (Lipinski definition) is 1. The molecule has 1 fully saturated rings. The van der Waals surface area contributed by atoms with E-state index in [1.54, 1.807) is 12.4 Å². The molecule has 1 aliphatic rings. The minimum Gasteiger partial charge on any atom is -0.369 e. The largest absolute Gasteiger partial charge is 0.369 e. The lowest BCUT2D eigenvalue weighted by Gasteiger charge is -2.22. The van der Waals surface area contributed by atoms with Crippen molar-refractivity contribution in [3.8, 4) is 0 Å². The number of imidazole rings is 1. The van der Waals surface area contributed by atoms with E-state index >= 15 is 0 Å². The summed E-state index contributed by atoms with van der Waals surface area (Å²) in [6.07, 6.45) is 7.55. The van der Waals surface area contributed by atoms with Crippen molar-refractivity contribution >= 4 is 28.7 Å². The summed E-state index contributed by atoms with van der Waals surface area (Å²) >= 11 is 2.06. The van der Waals surface area contributed by atoms with Gasteiger partial charge in [0.2, 0.25) is 5.95 Å². The van der Waals surface area contributed by atoms with Crippen molar-refractivity contribution in [1.29, 1.82) is 0 Å². The minimum atomic E-state index is 0.610. The summed E-state index contributed by atoms with van der Waals surface area (Å²) in [6.45, 7) is 0.969. The van der Waals surface area contributed by atoms with Gasteiger partial charge in [0.1, 0.15) is 5.52 Å². The molecular formula is C12H16N4S. The Balaban J connectivity index is 1.90. The molecular weight excluding hydrogens is 232 g/mol. The molecule has 2 aromatic rings. The van der Waals surface area contributed by atoms with Crippen LogP contribution in [0.1, 0.15) is 19.3 Å². The second kappa shape index (κ2) is 4.56. The number of hydrogen-bond acceptors (Lipinski definition) is 4. The van der Waals surface area contributed by atoms with E-state index in [0.29, 0.717) is 11.2 Å². The van der Waals surface area contributed by atoms with Gasteiger partial charge in [-0.3, -0.25) is 4.98 Å². The standard InChI is InChI=1S/C12H16N4S/c13-12-15-10-7-14-5-4-11(10)16(12)8-9-3-1-2-6-17-9/h4-5,7,9H,1-3,6,8H2,(H2,13,15). The third-order valence-electron chi connectivity index (χ3n) is 3.24. The number of thioether (sulfide) groups is 1. The monoisotopic (exact) mass is 248 g/mol. The Kier molecular flexibility index (Phi) is 2.93. The molecule has 0 bridgehead atoms. The van der Waals surface area contributed by atoms with E-state index in [1.165, 1.54) is 25.0 Å². The van der Waals surface area contributed by atoms with Crippen LogP contribution in [0.25, 0.3) is 11.0 Å². The Labute approximate surface area is 105 Å². The quantitative estimate of drug-likeness (QED) is 0.886. The van der Waals surface area contributed by atoms with Crippen LogP contribution in [0.4, 0.5) is 5.95 Å². The Bertz CT molecular complexity index is 516. The van der Waals surface area contributed by atoms with Crippen molar-refractivity contribution in [2.24, 2.45) is 0 Å². The summed E-state index contributed by atoms with van der Waals surface area (Å²) < 4.78 is 2.12. The van der Waals surface area contributed by atoms with E-state index in [4.69, 9.17) is 5.73 Å². The third kappa shape index (κ3) is 2.11. The molecule has 3 heterocycles. The summed E-state index contributed by atoms with van der Waals surface area (Å²) in [5.41, 5.74) is 7.98. The fraction of sp³-hybridized carbons (Fsp3) is 0.500. The molecule has 5 heteroatoms. The number of pyridine rings is 1. The van der Waals surface area contributed by atoms with Gasteiger partial charge in [-0.2, -0.15) is 11.8 Å². The van der Waals surface area contributed by atoms with Crippen LogP contribution in [0.15, 0.2) is 18.5 Å². The molecule has 0 spiro atoms. The lowest BCUT2D eigenvalue weighted by molar-refractivity contribution is 0.595. The molecule has 0 radical (unpaired) electrons. The van der Waals surface area contributed by atoms with Crippen LogP contribution < -0.4 is 5.73 Å². The van der Waals surface area contributed by atoms with Gasteiger partial charge in [0.15, 0.2) is 0 Å². The lowest BCUT2D eigenvalue weighted by atomic mass is 10.2. The molecule has 1 saturated heterocycles. The van der Waals surface area contributed by atoms with Crippen LogP contribution in [0.2, 0.25) is 0 Å². The average Bonchev–Trinajstić information content (AvgIpc) is 2.68. The number of rotatable bonds is 2. The second-order valence-corrected chi connectivity index (χ2v) is 5.84. The van der Waals surface area contributed by atoms with Gasteiger partial charge < -0.3 is 10.3 Å². The van der Waals surface area contributed by atoms with Crippen LogP contribution in [-0.2, 0) is 6.54 Å². The molecule has 17 heavy (non-hydrogen) atoms. The molecule has 4 nitrogen and oxygen atoms in total. The number of fused-ring (bicyclic) bond motifs is 1. The van der Waals surface area contributed by atoms with Crippen molar-refractivity contribution in [3.05, 3.63) is 18.5 Å². The zero-order valence-corrected chi connectivity index (χ0v) is 10.5. The highest BCUT2D eigenvalue weighted by Gasteiger charge is 2.17. The maximum absolute atomic E-state index is 5.99. The number of aromatic nitrogens is 3. The first kappa shape index (κ1) is 10.9. The van der Waals surface area contributed by atoms with Crippen LogP contribution in [0, 0.1) is 0 Å². The molecule has 1 atom stereocenters. The zero-order valence-electron chi connectivity index (χ0n) is 9.67. The van der Waals surface area contributed by atoms with Crippen LogP contribution in [-0.4, -0.2) is 25.5 Å². The number of nitrogens with zero attached hydrogens (tertiary/aromatic N) is 3. The van der Waals surface area contributed by atoms with Gasteiger partial charge >= 0.3 is 0 Å². The van der Waals surface area contributed by atoms with E-state index in [2.05, 4.69) is 26.3 Å². The first-order valence-electron chi connectivity index (χ1n) is 6.02. The summed E-state index contributed by atoms with van der Waals surface area (Å²) in [7, 11) is 0. The van der Waals surface area contributed by atoms with Crippen LogP contribution in [0.3, 0.4) is 0 Å². The van der Waals surface area contributed by atoms with Crippen molar-refractivity contribution in [2.75, 3.05) is 11.5 Å². The molecule has 0 saturated carbocycles. The molecule has 2 N–H and O–H groups in total. The Hall–Kier alpha value is -1.23. The van der Waals surface area contributed by atoms with E-state index in [1.807, 2.05) is 6.07 Å². The van der Waals surface area contributed by atoms with Gasteiger partial charge in [-0.05, 0) is 24.7 Å². The van der Waals surface area contributed by atoms with Crippen molar-refractivity contribution in [2.45, 2.75) is 31.1 Å². The summed E-state index contributed by atoms with van der Waals surface area (Å²) in [6, 6.07) is 1.99. The number of anilines is 1. The summed E-state index contributed by atoms with van der Waals surface area (Å²) in [5, 5.41) is 0.677. The van der Waals surface area contributed by atoms with Gasteiger partial charge in [0, 0.05) is 18.0 Å². The molecule has 2 aromatic heterocycles. The van der Waals surface area contributed by atoms with E-state index in [9.17, 15) is 0 Å².